The van der Waals surface area contributed by atoms with E-state index in [0.717, 1.165) is 10.4 Å². The number of benzene rings is 2. The van der Waals surface area contributed by atoms with E-state index in [1.54, 1.807) is 25.2 Å². The molecule has 0 aliphatic carbocycles. The number of rotatable bonds is 8. The Bertz CT molecular complexity index is 1170. The predicted octanol–water partition coefficient (Wildman–Crippen LogP) is 3.46. The molecular weight excluding hydrogens is 434 g/mol. The van der Waals surface area contributed by atoms with Crippen molar-refractivity contribution in [3.05, 3.63) is 82.0 Å². The highest BCUT2D eigenvalue weighted by molar-refractivity contribution is 7.89. The number of anilines is 1. The van der Waals surface area contributed by atoms with E-state index in [9.17, 15) is 18.0 Å². The zero-order valence-electron chi connectivity index (χ0n) is 17.2. The van der Waals surface area contributed by atoms with Crippen LogP contribution >= 0.6 is 11.3 Å². The largest absolute Gasteiger partial charge is 0.342 e. The van der Waals surface area contributed by atoms with Crippen LogP contribution in [0.15, 0.2) is 70.9 Å². The highest BCUT2D eigenvalue weighted by Gasteiger charge is 2.17. The van der Waals surface area contributed by atoms with Gasteiger partial charge in [0.25, 0.3) is 5.91 Å². The van der Waals surface area contributed by atoms with Crippen LogP contribution in [-0.2, 0) is 27.9 Å². The zero-order valence-corrected chi connectivity index (χ0v) is 18.8. The standard InChI is InChI=1S/C22H23N3O4S2/c1-16(26)25(2)15-18-7-3-4-11-21(18)24-22(27)17-8-5-10-20(13-17)31(28,29)23-14-19-9-6-12-30-19/h3-13,23H,14-15H2,1-2H3,(H,24,27). The van der Waals surface area contributed by atoms with Gasteiger partial charge in [-0.3, -0.25) is 9.59 Å². The Morgan fingerprint density at radius 3 is 2.52 bits per heavy atom. The SMILES string of the molecule is CC(=O)N(C)Cc1ccccc1NC(=O)c1cccc(S(=O)(=O)NCc2cccs2)c1. The third-order valence-corrected chi connectivity index (χ3v) is 6.91. The van der Waals surface area contributed by atoms with E-state index in [0.29, 0.717) is 12.2 Å². The Labute approximate surface area is 185 Å². The number of nitrogens with zero attached hydrogens (tertiary/aromatic N) is 1. The highest BCUT2D eigenvalue weighted by atomic mass is 32.2. The quantitative estimate of drug-likeness (QED) is 0.542. The zero-order chi connectivity index (χ0) is 22.4. The summed E-state index contributed by atoms with van der Waals surface area (Å²) in [6.07, 6.45) is 0. The minimum Gasteiger partial charge on any atom is -0.342 e. The summed E-state index contributed by atoms with van der Waals surface area (Å²) in [6, 6.07) is 16.7. The van der Waals surface area contributed by atoms with Gasteiger partial charge < -0.3 is 10.2 Å². The van der Waals surface area contributed by atoms with Gasteiger partial charge in [-0.2, -0.15) is 0 Å². The van der Waals surface area contributed by atoms with Crippen LogP contribution in [0, 0.1) is 0 Å². The van der Waals surface area contributed by atoms with Gasteiger partial charge in [0.2, 0.25) is 15.9 Å². The van der Waals surface area contributed by atoms with Crippen LogP contribution in [0.1, 0.15) is 27.7 Å². The van der Waals surface area contributed by atoms with Crippen molar-refractivity contribution in [2.75, 3.05) is 12.4 Å². The predicted molar refractivity (Wildman–Crippen MR) is 121 cm³/mol. The molecule has 162 valence electrons. The fraction of sp³-hybridized carbons (Fsp3) is 0.182. The first-order valence-electron chi connectivity index (χ1n) is 9.49. The number of sulfonamides is 1. The van der Waals surface area contributed by atoms with Crippen LogP contribution in [0.4, 0.5) is 5.69 Å². The van der Waals surface area contributed by atoms with Crippen LogP contribution in [0.2, 0.25) is 0 Å². The molecule has 9 heteroatoms. The lowest BCUT2D eigenvalue weighted by Crippen LogP contribution is -2.24. The maximum Gasteiger partial charge on any atom is 0.255 e. The van der Waals surface area contributed by atoms with Crippen molar-refractivity contribution in [1.82, 2.24) is 9.62 Å². The second-order valence-electron chi connectivity index (χ2n) is 6.92. The Balaban J connectivity index is 1.76. The topological polar surface area (TPSA) is 95.6 Å². The molecule has 2 amide bonds. The lowest BCUT2D eigenvalue weighted by Gasteiger charge is -2.18. The smallest absolute Gasteiger partial charge is 0.255 e. The van der Waals surface area contributed by atoms with E-state index in [-0.39, 0.29) is 22.9 Å². The fourth-order valence-electron chi connectivity index (χ4n) is 2.81. The monoisotopic (exact) mass is 457 g/mol. The first kappa shape index (κ1) is 22.7. The minimum atomic E-state index is -3.77. The molecule has 3 aromatic rings. The summed E-state index contributed by atoms with van der Waals surface area (Å²) in [6.45, 7) is 2.00. The molecule has 1 aromatic heterocycles. The summed E-state index contributed by atoms with van der Waals surface area (Å²) in [4.78, 5) is 26.8. The van der Waals surface area contributed by atoms with Crippen LogP contribution < -0.4 is 10.0 Å². The lowest BCUT2D eigenvalue weighted by atomic mass is 10.1. The summed E-state index contributed by atoms with van der Waals surface area (Å²) in [5, 5.41) is 4.69. The first-order chi connectivity index (χ1) is 14.8. The Morgan fingerprint density at radius 1 is 1.03 bits per heavy atom. The van der Waals surface area contributed by atoms with Gasteiger partial charge >= 0.3 is 0 Å². The molecule has 31 heavy (non-hydrogen) atoms. The molecule has 7 nitrogen and oxygen atoms in total. The summed E-state index contributed by atoms with van der Waals surface area (Å²) >= 11 is 1.46. The molecular formula is C22H23N3O4S2. The van der Waals surface area contributed by atoms with E-state index in [1.165, 1.54) is 41.4 Å². The van der Waals surface area contributed by atoms with Gasteiger partial charge in [0.15, 0.2) is 0 Å². The lowest BCUT2D eigenvalue weighted by molar-refractivity contribution is -0.128. The summed E-state index contributed by atoms with van der Waals surface area (Å²) in [5.41, 5.74) is 1.55. The average Bonchev–Trinajstić information content (AvgIpc) is 3.27. The summed E-state index contributed by atoms with van der Waals surface area (Å²) in [5.74, 6) is -0.526. The van der Waals surface area contributed by atoms with Crippen molar-refractivity contribution in [2.45, 2.75) is 24.9 Å². The molecule has 3 rings (SSSR count). The van der Waals surface area contributed by atoms with Gasteiger partial charge in [-0.1, -0.05) is 30.3 Å². The van der Waals surface area contributed by atoms with Crippen molar-refractivity contribution < 1.29 is 18.0 Å². The normalized spacial score (nSPS) is 11.2. The highest BCUT2D eigenvalue weighted by Crippen LogP contribution is 2.19. The molecule has 0 spiro atoms. The van der Waals surface area contributed by atoms with Crippen LogP contribution in [-0.4, -0.2) is 32.2 Å². The van der Waals surface area contributed by atoms with E-state index < -0.39 is 15.9 Å². The van der Waals surface area contributed by atoms with Gasteiger partial charge in [0.05, 0.1) is 4.90 Å². The summed E-state index contributed by atoms with van der Waals surface area (Å²) in [7, 11) is -2.09. The Morgan fingerprint density at radius 2 is 1.81 bits per heavy atom. The van der Waals surface area contributed by atoms with Crippen molar-refractivity contribution in [2.24, 2.45) is 0 Å². The van der Waals surface area contributed by atoms with Crippen molar-refractivity contribution in [3.8, 4) is 0 Å². The second kappa shape index (κ2) is 9.86. The maximum absolute atomic E-state index is 12.8. The molecule has 0 aliphatic heterocycles. The molecule has 2 N–H and O–H groups in total. The van der Waals surface area contributed by atoms with Crippen LogP contribution in [0.3, 0.4) is 0 Å². The molecule has 0 aliphatic rings. The number of thiophene rings is 1. The molecule has 2 aromatic carbocycles. The van der Waals surface area contributed by atoms with E-state index in [2.05, 4.69) is 10.0 Å². The Kier molecular flexibility index (Phi) is 7.21. The van der Waals surface area contributed by atoms with E-state index in [4.69, 9.17) is 0 Å². The number of nitrogens with one attached hydrogen (secondary N) is 2. The third kappa shape index (κ3) is 6.00. The molecule has 0 radical (unpaired) electrons. The van der Waals surface area contributed by atoms with E-state index in [1.807, 2.05) is 29.6 Å². The molecule has 0 saturated heterocycles. The van der Waals surface area contributed by atoms with Crippen molar-refractivity contribution in [1.29, 1.82) is 0 Å². The molecule has 0 fully saturated rings. The van der Waals surface area contributed by atoms with E-state index >= 15 is 0 Å². The number of amides is 2. The van der Waals surface area contributed by atoms with Gasteiger partial charge in [0.1, 0.15) is 0 Å². The van der Waals surface area contributed by atoms with Gasteiger partial charge in [-0.15, -0.1) is 11.3 Å². The molecule has 0 bridgehead atoms. The van der Waals surface area contributed by atoms with Crippen LogP contribution in [0.25, 0.3) is 0 Å². The van der Waals surface area contributed by atoms with Gasteiger partial charge in [0, 0.05) is 43.2 Å². The van der Waals surface area contributed by atoms with Crippen LogP contribution in [0.5, 0.6) is 0 Å². The van der Waals surface area contributed by atoms with Gasteiger partial charge in [-0.05, 0) is 41.3 Å². The summed E-state index contributed by atoms with van der Waals surface area (Å²) < 4.78 is 27.8. The number of hydrogen-bond acceptors (Lipinski definition) is 5. The average molecular weight is 458 g/mol. The minimum absolute atomic E-state index is 0.0151. The molecule has 1 heterocycles. The van der Waals surface area contributed by atoms with Crippen molar-refractivity contribution in [3.63, 3.8) is 0 Å². The molecule has 0 atom stereocenters. The number of para-hydroxylation sites is 1. The molecule has 0 saturated carbocycles. The number of carbonyl (C=O) groups excluding carboxylic acids is 2. The first-order valence-corrected chi connectivity index (χ1v) is 11.9. The second-order valence-corrected chi connectivity index (χ2v) is 9.72. The number of carbonyl (C=O) groups is 2. The Hall–Kier alpha value is -3.01. The number of hydrogen-bond donors (Lipinski definition) is 2. The molecule has 0 unspecified atom stereocenters. The fourth-order valence-corrected chi connectivity index (χ4v) is 4.60. The van der Waals surface area contributed by atoms with Gasteiger partial charge in [-0.25, -0.2) is 13.1 Å². The third-order valence-electron chi connectivity index (χ3n) is 4.63. The van der Waals surface area contributed by atoms with Crippen molar-refractivity contribution >= 4 is 38.9 Å². The maximum atomic E-state index is 12.8.